The van der Waals surface area contributed by atoms with Crippen LogP contribution >= 0.6 is 0 Å². The number of rotatable bonds is 4. The number of benzene rings is 2. The lowest BCUT2D eigenvalue weighted by Gasteiger charge is -2.08. The lowest BCUT2D eigenvalue weighted by Crippen LogP contribution is -2.06. The minimum Gasteiger partial charge on any atom is -0.497 e. The maximum atomic E-state index is 14.0. The van der Waals surface area contributed by atoms with Crippen LogP contribution in [-0.4, -0.2) is 41.6 Å². The second kappa shape index (κ2) is 7.12. The zero-order valence-corrected chi connectivity index (χ0v) is 16.9. The summed E-state index contributed by atoms with van der Waals surface area (Å²) in [7, 11) is 1.63. The van der Waals surface area contributed by atoms with Gasteiger partial charge in [-0.15, -0.1) is 0 Å². The highest BCUT2D eigenvalue weighted by Gasteiger charge is 2.26. The van der Waals surface area contributed by atoms with Crippen LogP contribution in [0.15, 0.2) is 59.6 Å². The first kappa shape index (κ1) is 18.4. The van der Waals surface area contributed by atoms with E-state index in [0.29, 0.717) is 41.8 Å². The van der Waals surface area contributed by atoms with Crippen LogP contribution < -0.4 is 4.74 Å². The highest BCUT2D eigenvalue weighted by molar-refractivity contribution is 5.70. The van der Waals surface area contributed by atoms with E-state index in [9.17, 15) is 4.39 Å². The molecule has 9 nitrogen and oxygen atoms in total. The molecule has 0 saturated heterocycles. The molecule has 1 aliphatic heterocycles. The first-order valence-electron chi connectivity index (χ1n) is 9.90. The highest BCUT2D eigenvalue weighted by Crippen LogP contribution is 2.33. The topological polar surface area (TPSA) is 96.7 Å². The summed E-state index contributed by atoms with van der Waals surface area (Å²) in [6.07, 6.45) is 3.60. The van der Waals surface area contributed by atoms with Crippen molar-refractivity contribution in [2.75, 3.05) is 7.11 Å². The number of nitrogens with zero attached hydrogens (tertiary/aromatic N) is 7. The van der Waals surface area contributed by atoms with E-state index < -0.39 is 0 Å². The van der Waals surface area contributed by atoms with Gasteiger partial charge in [0.05, 0.1) is 31.5 Å². The fourth-order valence-corrected chi connectivity index (χ4v) is 3.93. The molecule has 5 aromatic rings. The molecule has 2 aromatic carbocycles. The molecule has 4 heterocycles. The SMILES string of the molecule is COc1cccc(Cc2nc(-c3ncn4c3Cn3ncnc3-c3cc(F)ccc3-4)no2)c1. The standard InChI is InChI=1S/C22H16FN7O2/c1-31-15-4-2-3-13(7-15)8-19-27-21(28-32-19)20-18-10-30-22(24-11-26-30)16-9-14(23)5-6-17(16)29(18)12-25-20/h2-7,9,11-12H,8,10H2,1H3. The van der Waals surface area contributed by atoms with Gasteiger partial charge in [0.1, 0.15) is 29.9 Å². The number of imidazole rings is 1. The van der Waals surface area contributed by atoms with Crippen molar-refractivity contribution < 1.29 is 13.7 Å². The van der Waals surface area contributed by atoms with Gasteiger partial charge in [0.15, 0.2) is 5.82 Å². The van der Waals surface area contributed by atoms with Gasteiger partial charge in [-0.05, 0) is 35.9 Å². The van der Waals surface area contributed by atoms with Gasteiger partial charge in [-0.2, -0.15) is 10.1 Å². The number of hydrogen-bond acceptors (Lipinski definition) is 7. The number of fused-ring (bicyclic) bond motifs is 5. The van der Waals surface area contributed by atoms with Gasteiger partial charge in [0.2, 0.25) is 11.7 Å². The molecule has 0 atom stereocenters. The first-order valence-corrected chi connectivity index (χ1v) is 9.90. The largest absolute Gasteiger partial charge is 0.497 e. The summed E-state index contributed by atoms with van der Waals surface area (Å²) in [5.74, 6) is 1.85. The van der Waals surface area contributed by atoms with E-state index in [4.69, 9.17) is 9.26 Å². The molecule has 0 bridgehead atoms. The van der Waals surface area contributed by atoms with Gasteiger partial charge < -0.3 is 9.26 Å². The van der Waals surface area contributed by atoms with Crippen molar-refractivity contribution in [3.8, 4) is 34.3 Å². The van der Waals surface area contributed by atoms with Crippen LogP contribution in [0, 0.1) is 5.82 Å². The Morgan fingerprint density at radius 3 is 3.00 bits per heavy atom. The Kier molecular flexibility index (Phi) is 4.10. The molecule has 6 rings (SSSR count). The third-order valence-corrected chi connectivity index (χ3v) is 5.41. The zero-order valence-electron chi connectivity index (χ0n) is 16.9. The lowest BCUT2D eigenvalue weighted by molar-refractivity contribution is 0.385. The van der Waals surface area contributed by atoms with Gasteiger partial charge in [-0.1, -0.05) is 17.3 Å². The minimum atomic E-state index is -0.345. The molecule has 0 amide bonds. The average Bonchev–Trinajstić information content (AvgIpc) is 3.53. The Morgan fingerprint density at radius 1 is 1.16 bits per heavy atom. The number of methoxy groups -OCH3 is 1. The average molecular weight is 429 g/mol. The molecule has 0 spiro atoms. The molecule has 3 aromatic heterocycles. The molecule has 32 heavy (non-hydrogen) atoms. The summed E-state index contributed by atoms with van der Waals surface area (Å²) < 4.78 is 28.3. The second-order valence-corrected chi connectivity index (χ2v) is 7.35. The summed E-state index contributed by atoms with van der Waals surface area (Å²) in [5, 5.41) is 8.45. The Morgan fingerprint density at radius 2 is 2.09 bits per heavy atom. The molecule has 0 fully saturated rings. The van der Waals surface area contributed by atoms with Crippen molar-refractivity contribution in [1.82, 2.24) is 34.5 Å². The molecular weight excluding hydrogens is 413 g/mol. The molecule has 158 valence electrons. The highest BCUT2D eigenvalue weighted by atomic mass is 19.1. The zero-order chi connectivity index (χ0) is 21.7. The second-order valence-electron chi connectivity index (χ2n) is 7.35. The smallest absolute Gasteiger partial charge is 0.231 e. The van der Waals surface area contributed by atoms with Crippen molar-refractivity contribution in [1.29, 1.82) is 0 Å². The van der Waals surface area contributed by atoms with Crippen molar-refractivity contribution in [2.24, 2.45) is 0 Å². The van der Waals surface area contributed by atoms with Gasteiger partial charge in [0, 0.05) is 5.56 Å². The van der Waals surface area contributed by atoms with E-state index in [2.05, 4.69) is 25.2 Å². The molecule has 0 N–H and O–H groups in total. The van der Waals surface area contributed by atoms with E-state index in [1.54, 1.807) is 24.2 Å². The van der Waals surface area contributed by atoms with E-state index >= 15 is 0 Å². The van der Waals surface area contributed by atoms with Crippen LogP contribution in [0.1, 0.15) is 17.1 Å². The fraction of sp³-hybridized carbons (Fsp3) is 0.136. The van der Waals surface area contributed by atoms with E-state index in [1.807, 2.05) is 28.8 Å². The first-order chi connectivity index (χ1) is 15.7. The number of ether oxygens (including phenoxy) is 1. The predicted octanol–water partition coefficient (Wildman–Crippen LogP) is 3.28. The summed E-state index contributed by atoms with van der Waals surface area (Å²) >= 11 is 0. The summed E-state index contributed by atoms with van der Waals surface area (Å²) in [4.78, 5) is 13.4. The monoisotopic (exact) mass is 429 g/mol. The predicted molar refractivity (Wildman–Crippen MR) is 111 cm³/mol. The van der Waals surface area contributed by atoms with Gasteiger partial charge in [-0.3, -0.25) is 4.57 Å². The van der Waals surface area contributed by atoms with Crippen LogP contribution in [0.3, 0.4) is 0 Å². The van der Waals surface area contributed by atoms with E-state index in [0.717, 1.165) is 22.7 Å². The van der Waals surface area contributed by atoms with Crippen LogP contribution in [0.2, 0.25) is 0 Å². The van der Waals surface area contributed by atoms with Gasteiger partial charge >= 0.3 is 0 Å². The molecule has 10 heteroatoms. The van der Waals surface area contributed by atoms with Gasteiger partial charge in [0.25, 0.3) is 0 Å². The Hall–Kier alpha value is -4.34. The molecule has 0 unspecified atom stereocenters. The summed E-state index contributed by atoms with van der Waals surface area (Å²) in [5.41, 5.74) is 3.76. The van der Waals surface area contributed by atoms with Crippen molar-refractivity contribution in [3.05, 3.63) is 78.1 Å². The molecule has 0 aliphatic carbocycles. The Labute approximate surface area is 181 Å². The van der Waals surface area contributed by atoms with Crippen molar-refractivity contribution >= 4 is 0 Å². The minimum absolute atomic E-state index is 0.345. The number of hydrogen-bond donors (Lipinski definition) is 0. The fourth-order valence-electron chi connectivity index (χ4n) is 3.93. The molecule has 0 radical (unpaired) electrons. The molecular formula is C22H16FN7O2. The maximum absolute atomic E-state index is 14.0. The van der Waals surface area contributed by atoms with E-state index in [1.165, 1.54) is 18.5 Å². The number of aromatic nitrogens is 7. The van der Waals surface area contributed by atoms with Crippen LogP contribution in [0.4, 0.5) is 4.39 Å². The van der Waals surface area contributed by atoms with Crippen molar-refractivity contribution in [2.45, 2.75) is 13.0 Å². The third-order valence-electron chi connectivity index (χ3n) is 5.41. The Balaban J connectivity index is 1.40. The summed E-state index contributed by atoms with van der Waals surface area (Å²) in [6, 6.07) is 12.3. The van der Waals surface area contributed by atoms with E-state index in [-0.39, 0.29) is 5.82 Å². The third kappa shape index (κ3) is 2.96. The Bertz CT molecular complexity index is 1450. The van der Waals surface area contributed by atoms with Crippen LogP contribution in [0.5, 0.6) is 5.75 Å². The summed E-state index contributed by atoms with van der Waals surface area (Å²) in [6.45, 7) is 0.376. The number of halogens is 1. The van der Waals surface area contributed by atoms with Crippen LogP contribution in [0.25, 0.3) is 28.6 Å². The van der Waals surface area contributed by atoms with Crippen LogP contribution in [-0.2, 0) is 13.0 Å². The maximum Gasteiger partial charge on any atom is 0.231 e. The quantitative estimate of drug-likeness (QED) is 0.424. The van der Waals surface area contributed by atoms with Crippen molar-refractivity contribution in [3.63, 3.8) is 0 Å². The molecule has 0 saturated carbocycles. The van der Waals surface area contributed by atoms with Gasteiger partial charge in [-0.25, -0.2) is 19.0 Å². The molecule has 1 aliphatic rings. The normalized spacial score (nSPS) is 12.1. The lowest BCUT2D eigenvalue weighted by atomic mass is 10.1.